The summed E-state index contributed by atoms with van der Waals surface area (Å²) in [5.41, 5.74) is -0.250. The van der Waals surface area contributed by atoms with E-state index in [-0.39, 0.29) is 18.1 Å². The predicted octanol–water partition coefficient (Wildman–Crippen LogP) is -0.00860. The SMILES string of the molecule is C=CCNC(=NCC(=O)N(C)C)NCC1(OC)CCOCC1. The van der Waals surface area contributed by atoms with E-state index in [2.05, 4.69) is 22.2 Å². The van der Waals surface area contributed by atoms with Gasteiger partial charge in [0, 0.05) is 60.4 Å². The highest BCUT2D eigenvalue weighted by Gasteiger charge is 2.32. The Hall–Kier alpha value is -1.60. The van der Waals surface area contributed by atoms with Crippen molar-refractivity contribution in [1.82, 2.24) is 15.5 Å². The summed E-state index contributed by atoms with van der Waals surface area (Å²) in [7, 11) is 5.14. The van der Waals surface area contributed by atoms with Crippen LogP contribution in [0.15, 0.2) is 17.6 Å². The molecule has 1 rings (SSSR count). The second-order valence-electron chi connectivity index (χ2n) is 5.48. The van der Waals surface area contributed by atoms with Gasteiger partial charge in [-0.05, 0) is 0 Å². The van der Waals surface area contributed by atoms with Crippen LogP contribution in [0.2, 0.25) is 0 Å². The summed E-state index contributed by atoms with van der Waals surface area (Å²) in [6, 6.07) is 0. The van der Waals surface area contributed by atoms with Crippen molar-refractivity contribution in [3.8, 4) is 0 Å². The van der Waals surface area contributed by atoms with Gasteiger partial charge in [0.2, 0.25) is 5.91 Å². The molecule has 1 aliphatic heterocycles. The summed E-state index contributed by atoms with van der Waals surface area (Å²) >= 11 is 0. The molecule has 0 spiro atoms. The fraction of sp³-hybridized carbons (Fsp3) is 0.733. The third-order valence-electron chi connectivity index (χ3n) is 3.70. The summed E-state index contributed by atoms with van der Waals surface area (Å²) in [5.74, 6) is 0.533. The van der Waals surface area contributed by atoms with E-state index in [0.717, 1.165) is 12.8 Å². The van der Waals surface area contributed by atoms with E-state index in [1.807, 2.05) is 0 Å². The van der Waals surface area contributed by atoms with Gasteiger partial charge in [0.1, 0.15) is 6.54 Å². The molecule has 7 heteroatoms. The summed E-state index contributed by atoms with van der Waals surface area (Å²) < 4.78 is 11.1. The van der Waals surface area contributed by atoms with Crippen LogP contribution in [-0.2, 0) is 14.3 Å². The van der Waals surface area contributed by atoms with Crippen molar-refractivity contribution in [1.29, 1.82) is 0 Å². The minimum Gasteiger partial charge on any atom is -0.381 e. The molecule has 0 radical (unpaired) electrons. The van der Waals surface area contributed by atoms with Gasteiger partial charge >= 0.3 is 0 Å². The van der Waals surface area contributed by atoms with Gasteiger partial charge in [-0.2, -0.15) is 0 Å². The Labute approximate surface area is 132 Å². The van der Waals surface area contributed by atoms with Crippen LogP contribution in [0.1, 0.15) is 12.8 Å². The Morgan fingerprint density at radius 2 is 2.09 bits per heavy atom. The second-order valence-corrected chi connectivity index (χ2v) is 5.48. The van der Waals surface area contributed by atoms with Crippen molar-refractivity contribution >= 4 is 11.9 Å². The molecule has 0 saturated carbocycles. The summed E-state index contributed by atoms with van der Waals surface area (Å²) in [4.78, 5) is 17.5. The smallest absolute Gasteiger partial charge is 0.243 e. The number of nitrogens with one attached hydrogen (secondary N) is 2. The van der Waals surface area contributed by atoms with E-state index in [4.69, 9.17) is 9.47 Å². The maximum absolute atomic E-state index is 11.6. The molecule has 0 aliphatic carbocycles. The molecule has 126 valence electrons. The van der Waals surface area contributed by atoms with Gasteiger partial charge in [-0.1, -0.05) is 6.08 Å². The Balaban J connectivity index is 2.61. The fourth-order valence-corrected chi connectivity index (χ4v) is 2.07. The minimum absolute atomic E-state index is 0.0489. The van der Waals surface area contributed by atoms with Crippen molar-refractivity contribution in [2.24, 2.45) is 4.99 Å². The number of aliphatic imine (C=N–C) groups is 1. The molecule has 0 aromatic carbocycles. The zero-order valence-electron chi connectivity index (χ0n) is 13.9. The molecule has 0 aromatic heterocycles. The average molecular weight is 312 g/mol. The van der Waals surface area contributed by atoms with Crippen molar-refractivity contribution in [2.75, 3.05) is 54.1 Å². The van der Waals surface area contributed by atoms with Crippen molar-refractivity contribution < 1.29 is 14.3 Å². The summed E-state index contributed by atoms with van der Waals surface area (Å²) in [6.45, 7) is 6.36. The predicted molar refractivity (Wildman–Crippen MR) is 87.0 cm³/mol. The lowest BCUT2D eigenvalue weighted by molar-refractivity contribution is -0.127. The monoisotopic (exact) mass is 312 g/mol. The first-order chi connectivity index (χ1) is 10.5. The standard InChI is InChI=1S/C15H28N4O3/c1-5-8-16-14(17-11-13(20)19(2)3)18-12-15(21-4)6-9-22-10-7-15/h5H,1,6-12H2,2-4H3,(H2,16,17,18). The topological polar surface area (TPSA) is 75.2 Å². The van der Waals surface area contributed by atoms with Gasteiger partial charge in [0.25, 0.3) is 0 Å². The highest BCUT2D eigenvalue weighted by Crippen LogP contribution is 2.23. The Kier molecular flexibility index (Phi) is 7.90. The van der Waals surface area contributed by atoms with Gasteiger partial charge in [0.15, 0.2) is 5.96 Å². The maximum atomic E-state index is 11.6. The molecular formula is C15H28N4O3. The Bertz CT molecular complexity index is 390. The van der Waals surface area contributed by atoms with Gasteiger partial charge < -0.3 is 25.0 Å². The Morgan fingerprint density at radius 1 is 1.41 bits per heavy atom. The molecule has 7 nitrogen and oxygen atoms in total. The van der Waals surface area contributed by atoms with E-state index in [9.17, 15) is 4.79 Å². The molecule has 0 unspecified atom stereocenters. The minimum atomic E-state index is -0.250. The highest BCUT2D eigenvalue weighted by atomic mass is 16.5. The van der Waals surface area contributed by atoms with E-state index in [1.165, 1.54) is 4.90 Å². The van der Waals surface area contributed by atoms with E-state index in [0.29, 0.717) is 32.3 Å². The first-order valence-electron chi connectivity index (χ1n) is 7.49. The highest BCUT2D eigenvalue weighted by molar-refractivity contribution is 5.84. The Morgan fingerprint density at radius 3 is 2.64 bits per heavy atom. The number of amides is 1. The molecule has 1 saturated heterocycles. The fourth-order valence-electron chi connectivity index (χ4n) is 2.07. The largest absolute Gasteiger partial charge is 0.381 e. The maximum Gasteiger partial charge on any atom is 0.243 e. The average Bonchev–Trinajstić information content (AvgIpc) is 2.54. The number of hydrogen-bond acceptors (Lipinski definition) is 4. The van der Waals surface area contributed by atoms with Crippen LogP contribution in [0.4, 0.5) is 0 Å². The van der Waals surface area contributed by atoms with Crippen molar-refractivity contribution in [2.45, 2.75) is 18.4 Å². The first kappa shape index (κ1) is 18.4. The van der Waals surface area contributed by atoms with Gasteiger partial charge in [-0.3, -0.25) is 4.79 Å². The number of methoxy groups -OCH3 is 1. The van der Waals surface area contributed by atoms with Crippen LogP contribution in [-0.4, -0.2) is 76.4 Å². The molecule has 1 amide bonds. The van der Waals surface area contributed by atoms with Crippen molar-refractivity contribution in [3.63, 3.8) is 0 Å². The number of ether oxygens (including phenoxy) is 2. The van der Waals surface area contributed by atoms with Gasteiger partial charge in [-0.25, -0.2) is 4.99 Å². The zero-order valence-corrected chi connectivity index (χ0v) is 13.9. The van der Waals surface area contributed by atoms with Crippen LogP contribution in [0.5, 0.6) is 0 Å². The molecule has 0 atom stereocenters. The molecule has 1 heterocycles. The second kappa shape index (κ2) is 9.42. The number of rotatable bonds is 7. The lowest BCUT2D eigenvalue weighted by Crippen LogP contribution is -2.51. The van der Waals surface area contributed by atoms with Crippen LogP contribution in [0.3, 0.4) is 0 Å². The zero-order chi connectivity index (χ0) is 16.4. The van der Waals surface area contributed by atoms with Crippen LogP contribution in [0.25, 0.3) is 0 Å². The third kappa shape index (κ3) is 6.03. The quantitative estimate of drug-likeness (QED) is 0.393. The first-order valence-corrected chi connectivity index (χ1v) is 7.49. The third-order valence-corrected chi connectivity index (χ3v) is 3.70. The molecule has 1 fully saturated rings. The lowest BCUT2D eigenvalue weighted by atomic mass is 9.94. The molecule has 0 aromatic rings. The van der Waals surface area contributed by atoms with E-state index in [1.54, 1.807) is 27.3 Å². The summed E-state index contributed by atoms with van der Waals surface area (Å²) in [6.07, 6.45) is 3.41. The van der Waals surface area contributed by atoms with Gasteiger partial charge in [-0.15, -0.1) is 6.58 Å². The number of carbonyl (C=O) groups is 1. The van der Waals surface area contributed by atoms with Crippen LogP contribution < -0.4 is 10.6 Å². The molecule has 2 N–H and O–H groups in total. The lowest BCUT2D eigenvalue weighted by Gasteiger charge is -2.36. The normalized spacial score (nSPS) is 17.7. The number of nitrogens with zero attached hydrogens (tertiary/aromatic N) is 2. The van der Waals surface area contributed by atoms with Crippen molar-refractivity contribution in [3.05, 3.63) is 12.7 Å². The number of guanidine groups is 1. The van der Waals surface area contributed by atoms with Crippen LogP contribution >= 0.6 is 0 Å². The summed E-state index contributed by atoms with van der Waals surface area (Å²) in [5, 5.41) is 6.36. The number of carbonyl (C=O) groups excluding carboxylic acids is 1. The van der Waals surface area contributed by atoms with E-state index >= 15 is 0 Å². The molecule has 22 heavy (non-hydrogen) atoms. The molecular weight excluding hydrogens is 284 g/mol. The van der Waals surface area contributed by atoms with Crippen LogP contribution in [0, 0.1) is 0 Å². The van der Waals surface area contributed by atoms with Gasteiger partial charge in [0.05, 0.1) is 5.60 Å². The van der Waals surface area contributed by atoms with E-state index < -0.39 is 0 Å². The number of likely N-dealkylation sites (N-methyl/N-ethyl adjacent to an activating group) is 1. The molecule has 0 bridgehead atoms. The number of hydrogen-bond donors (Lipinski definition) is 2. The molecule has 1 aliphatic rings.